The first kappa shape index (κ1) is 18.2. The number of carbonyl (C=O) groups excluding carboxylic acids is 1. The zero-order valence-corrected chi connectivity index (χ0v) is 14.7. The van der Waals surface area contributed by atoms with Crippen LogP contribution >= 0.6 is 0 Å². The van der Waals surface area contributed by atoms with Gasteiger partial charge >= 0.3 is 0 Å². The maximum atomic E-state index is 12.2. The number of methoxy groups -OCH3 is 1. The molecule has 2 rings (SSSR count). The maximum Gasteiger partial charge on any atom is 0.271 e. The molecule has 130 valence electrons. The van der Waals surface area contributed by atoms with Gasteiger partial charge in [0, 0.05) is 19.3 Å². The van der Waals surface area contributed by atoms with Crippen molar-refractivity contribution in [2.24, 2.45) is 0 Å². The van der Waals surface area contributed by atoms with Crippen molar-refractivity contribution in [1.82, 2.24) is 15.1 Å². The van der Waals surface area contributed by atoms with E-state index in [9.17, 15) is 9.90 Å². The van der Waals surface area contributed by atoms with Crippen molar-refractivity contribution in [3.63, 3.8) is 0 Å². The van der Waals surface area contributed by atoms with Gasteiger partial charge in [-0.05, 0) is 56.5 Å². The number of aromatic nitrogens is 2. The van der Waals surface area contributed by atoms with Crippen molar-refractivity contribution in [2.45, 2.75) is 33.3 Å². The van der Waals surface area contributed by atoms with Gasteiger partial charge in [0.1, 0.15) is 0 Å². The third kappa shape index (κ3) is 4.66. The summed E-state index contributed by atoms with van der Waals surface area (Å²) in [6.07, 6.45) is -0.138. The van der Waals surface area contributed by atoms with Crippen LogP contribution in [0.5, 0.6) is 0 Å². The summed E-state index contributed by atoms with van der Waals surface area (Å²) in [4.78, 5) is 12.2. The molecule has 1 aromatic heterocycles. The molecular formula is C18H25N3O3. The quantitative estimate of drug-likeness (QED) is 0.813. The standard InChI is InChI=1S/C18H25N3O3/c1-12-7-13(2)9-15(8-12)21-14(3)10-17(20-21)18(23)19-6-5-16(22)11-24-4/h7-10,16,22H,5-6,11H2,1-4H3,(H,19,23). The molecule has 1 unspecified atom stereocenters. The third-order valence-corrected chi connectivity index (χ3v) is 3.69. The predicted molar refractivity (Wildman–Crippen MR) is 92.6 cm³/mol. The summed E-state index contributed by atoms with van der Waals surface area (Å²) < 4.78 is 6.63. The van der Waals surface area contributed by atoms with Gasteiger partial charge < -0.3 is 15.2 Å². The average molecular weight is 331 g/mol. The first-order chi connectivity index (χ1) is 11.4. The predicted octanol–water partition coefficient (Wildman–Crippen LogP) is 1.92. The highest BCUT2D eigenvalue weighted by molar-refractivity contribution is 5.92. The monoisotopic (exact) mass is 331 g/mol. The number of ether oxygens (including phenoxy) is 1. The molecule has 1 amide bonds. The number of aliphatic hydroxyl groups excluding tert-OH is 1. The van der Waals surface area contributed by atoms with Crippen LogP contribution in [0.15, 0.2) is 24.3 Å². The van der Waals surface area contributed by atoms with E-state index in [-0.39, 0.29) is 12.5 Å². The summed E-state index contributed by atoms with van der Waals surface area (Å²) in [6.45, 7) is 6.63. The lowest BCUT2D eigenvalue weighted by molar-refractivity contribution is 0.0587. The summed E-state index contributed by atoms with van der Waals surface area (Å²) in [5, 5.41) is 16.8. The van der Waals surface area contributed by atoms with Gasteiger partial charge in [0.15, 0.2) is 5.69 Å². The number of nitrogens with zero attached hydrogens (tertiary/aromatic N) is 2. The third-order valence-electron chi connectivity index (χ3n) is 3.69. The van der Waals surface area contributed by atoms with Crippen LogP contribution < -0.4 is 5.32 Å². The second kappa shape index (κ2) is 8.08. The molecule has 0 bridgehead atoms. The zero-order valence-electron chi connectivity index (χ0n) is 14.7. The molecule has 0 spiro atoms. The maximum absolute atomic E-state index is 12.2. The Hall–Kier alpha value is -2.18. The lowest BCUT2D eigenvalue weighted by Gasteiger charge is -2.09. The Balaban J connectivity index is 2.06. The van der Waals surface area contributed by atoms with Crippen molar-refractivity contribution in [1.29, 1.82) is 0 Å². The first-order valence-electron chi connectivity index (χ1n) is 8.01. The molecule has 24 heavy (non-hydrogen) atoms. The van der Waals surface area contributed by atoms with Crippen LogP contribution in [0.1, 0.15) is 33.7 Å². The van der Waals surface area contributed by atoms with Gasteiger partial charge in [0.2, 0.25) is 0 Å². The molecular weight excluding hydrogens is 306 g/mol. The average Bonchev–Trinajstić information content (AvgIpc) is 2.88. The van der Waals surface area contributed by atoms with Crippen molar-refractivity contribution in [2.75, 3.05) is 20.3 Å². The smallest absolute Gasteiger partial charge is 0.271 e. The van der Waals surface area contributed by atoms with Gasteiger partial charge in [0.25, 0.3) is 5.91 Å². The minimum atomic E-state index is -0.579. The van der Waals surface area contributed by atoms with Gasteiger partial charge in [-0.25, -0.2) is 4.68 Å². The van der Waals surface area contributed by atoms with Crippen molar-refractivity contribution in [3.8, 4) is 5.69 Å². The SMILES string of the molecule is COCC(O)CCNC(=O)c1cc(C)n(-c2cc(C)cc(C)c2)n1. The molecule has 0 saturated heterocycles. The lowest BCUT2D eigenvalue weighted by Crippen LogP contribution is -2.28. The molecule has 0 aliphatic heterocycles. The van der Waals surface area contributed by atoms with E-state index in [0.717, 1.165) is 22.5 Å². The molecule has 6 heteroatoms. The van der Waals surface area contributed by atoms with Crippen LogP contribution in [-0.4, -0.2) is 47.2 Å². The Kier molecular flexibility index (Phi) is 6.11. The van der Waals surface area contributed by atoms with Gasteiger partial charge in [-0.2, -0.15) is 5.10 Å². The van der Waals surface area contributed by atoms with Crippen LogP contribution in [0.3, 0.4) is 0 Å². The van der Waals surface area contributed by atoms with E-state index in [4.69, 9.17) is 4.74 Å². The fourth-order valence-corrected chi connectivity index (χ4v) is 2.64. The van der Waals surface area contributed by atoms with E-state index >= 15 is 0 Å². The molecule has 2 aromatic rings. The Morgan fingerprint density at radius 1 is 1.25 bits per heavy atom. The minimum absolute atomic E-state index is 0.245. The first-order valence-corrected chi connectivity index (χ1v) is 8.01. The van der Waals surface area contributed by atoms with E-state index in [2.05, 4.69) is 16.5 Å². The van der Waals surface area contributed by atoms with E-state index in [1.807, 2.05) is 32.9 Å². The zero-order chi connectivity index (χ0) is 17.7. The molecule has 1 aromatic carbocycles. The number of aliphatic hydroxyl groups is 1. The molecule has 2 N–H and O–H groups in total. The Bertz CT molecular complexity index is 689. The van der Waals surface area contributed by atoms with Crippen molar-refractivity contribution < 1.29 is 14.6 Å². The van der Waals surface area contributed by atoms with Crippen LogP contribution in [0, 0.1) is 20.8 Å². The molecule has 0 fully saturated rings. The molecule has 0 aliphatic rings. The highest BCUT2D eigenvalue weighted by atomic mass is 16.5. The number of rotatable bonds is 7. The number of nitrogens with one attached hydrogen (secondary N) is 1. The molecule has 0 saturated carbocycles. The lowest BCUT2D eigenvalue weighted by atomic mass is 10.1. The molecule has 0 radical (unpaired) electrons. The van der Waals surface area contributed by atoms with E-state index in [1.54, 1.807) is 10.7 Å². The van der Waals surface area contributed by atoms with Crippen LogP contribution in [-0.2, 0) is 4.74 Å². The van der Waals surface area contributed by atoms with Crippen molar-refractivity contribution >= 4 is 5.91 Å². The van der Waals surface area contributed by atoms with Gasteiger partial charge in [-0.1, -0.05) is 6.07 Å². The number of benzene rings is 1. The summed E-state index contributed by atoms with van der Waals surface area (Å²) in [7, 11) is 1.53. The van der Waals surface area contributed by atoms with Gasteiger partial charge in [-0.3, -0.25) is 4.79 Å². The summed E-state index contributed by atoms with van der Waals surface area (Å²) in [5.41, 5.74) is 4.51. The highest BCUT2D eigenvalue weighted by Crippen LogP contribution is 2.16. The van der Waals surface area contributed by atoms with E-state index in [0.29, 0.717) is 18.7 Å². The minimum Gasteiger partial charge on any atom is -0.391 e. The van der Waals surface area contributed by atoms with Crippen LogP contribution in [0.4, 0.5) is 0 Å². The Morgan fingerprint density at radius 2 is 1.92 bits per heavy atom. The summed E-state index contributed by atoms with van der Waals surface area (Å²) >= 11 is 0. The number of aryl methyl sites for hydroxylation is 3. The molecule has 1 atom stereocenters. The topological polar surface area (TPSA) is 76.4 Å². The van der Waals surface area contributed by atoms with Crippen molar-refractivity contribution in [3.05, 3.63) is 46.8 Å². The second-order valence-electron chi connectivity index (χ2n) is 6.08. The summed E-state index contributed by atoms with van der Waals surface area (Å²) in [6, 6.07) is 7.94. The van der Waals surface area contributed by atoms with Crippen LogP contribution in [0.2, 0.25) is 0 Å². The van der Waals surface area contributed by atoms with Crippen LogP contribution in [0.25, 0.3) is 5.69 Å². The van der Waals surface area contributed by atoms with Gasteiger partial charge in [0.05, 0.1) is 18.4 Å². The number of hydrogen-bond acceptors (Lipinski definition) is 4. The normalized spacial score (nSPS) is 12.2. The molecule has 0 aliphatic carbocycles. The fourth-order valence-electron chi connectivity index (χ4n) is 2.64. The number of amides is 1. The Morgan fingerprint density at radius 3 is 2.54 bits per heavy atom. The number of carbonyl (C=O) groups is 1. The largest absolute Gasteiger partial charge is 0.391 e. The number of hydrogen-bond donors (Lipinski definition) is 2. The highest BCUT2D eigenvalue weighted by Gasteiger charge is 2.14. The molecule has 1 heterocycles. The van der Waals surface area contributed by atoms with Gasteiger partial charge in [-0.15, -0.1) is 0 Å². The van der Waals surface area contributed by atoms with E-state index in [1.165, 1.54) is 7.11 Å². The second-order valence-corrected chi connectivity index (χ2v) is 6.08. The van der Waals surface area contributed by atoms with E-state index < -0.39 is 6.10 Å². The summed E-state index contributed by atoms with van der Waals surface area (Å²) in [5.74, 6) is -0.245. The fraction of sp³-hybridized carbons (Fsp3) is 0.444. The Labute approximate surface area is 142 Å². The molecule has 6 nitrogen and oxygen atoms in total.